The molecule has 0 aliphatic rings. The lowest BCUT2D eigenvalue weighted by Crippen LogP contribution is -2.29. The SMILES string of the molecule is CN(C(=O)Cc1cccc(O)c1)c1ccccc1CN. The highest BCUT2D eigenvalue weighted by Gasteiger charge is 2.14. The van der Waals surface area contributed by atoms with E-state index in [-0.39, 0.29) is 18.1 Å². The zero-order valence-corrected chi connectivity index (χ0v) is 11.4. The van der Waals surface area contributed by atoms with Crippen LogP contribution >= 0.6 is 0 Å². The summed E-state index contributed by atoms with van der Waals surface area (Å²) in [7, 11) is 1.74. The van der Waals surface area contributed by atoms with E-state index in [0.717, 1.165) is 16.8 Å². The molecule has 2 aromatic rings. The number of carbonyl (C=O) groups excluding carboxylic acids is 1. The third-order valence-electron chi connectivity index (χ3n) is 3.21. The highest BCUT2D eigenvalue weighted by Crippen LogP contribution is 2.20. The Morgan fingerprint density at radius 3 is 2.65 bits per heavy atom. The van der Waals surface area contributed by atoms with Crippen LogP contribution in [0.1, 0.15) is 11.1 Å². The normalized spacial score (nSPS) is 10.3. The fraction of sp³-hybridized carbons (Fsp3) is 0.188. The molecule has 0 aliphatic heterocycles. The van der Waals surface area contributed by atoms with Gasteiger partial charge in [-0.3, -0.25) is 4.79 Å². The van der Waals surface area contributed by atoms with Gasteiger partial charge in [-0.15, -0.1) is 0 Å². The van der Waals surface area contributed by atoms with Crippen molar-refractivity contribution in [2.75, 3.05) is 11.9 Å². The van der Waals surface area contributed by atoms with E-state index in [1.807, 2.05) is 30.3 Å². The molecule has 0 aromatic heterocycles. The van der Waals surface area contributed by atoms with Gasteiger partial charge in [-0.2, -0.15) is 0 Å². The van der Waals surface area contributed by atoms with E-state index in [2.05, 4.69) is 0 Å². The second-order valence-electron chi connectivity index (χ2n) is 4.63. The van der Waals surface area contributed by atoms with Crippen molar-refractivity contribution in [2.45, 2.75) is 13.0 Å². The lowest BCUT2D eigenvalue weighted by atomic mass is 10.1. The third-order valence-corrected chi connectivity index (χ3v) is 3.21. The van der Waals surface area contributed by atoms with Crippen molar-refractivity contribution in [1.82, 2.24) is 0 Å². The van der Waals surface area contributed by atoms with E-state index in [1.54, 1.807) is 30.1 Å². The number of anilines is 1. The molecule has 3 N–H and O–H groups in total. The van der Waals surface area contributed by atoms with Crippen LogP contribution in [0.4, 0.5) is 5.69 Å². The second-order valence-corrected chi connectivity index (χ2v) is 4.63. The van der Waals surface area contributed by atoms with Crippen molar-refractivity contribution in [3.05, 3.63) is 59.7 Å². The average Bonchev–Trinajstić information content (AvgIpc) is 2.46. The van der Waals surface area contributed by atoms with Gasteiger partial charge < -0.3 is 15.7 Å². The molecule has 0 spiro atoms. The van der Waals surface area contributed by atoms with Crippen molar-refractivity contribution in [3.8, 4) is 5.75 Å². The first-order valence-corrected chi connectivity index (χ1v) is 6.44. The van der Waals surface area contributed by atoms with E-state index in [4.69, 9.17) is 5.73 Å². The molecule has 0 saturated carbocycles. The van der Waals surface area contributed by atoms with Crippen molar-refractivity contribution >= 4 is 11.6 Å². The smallest absolute Gasteiger partial charge is 0.231 e. The Morgan fingerprint density at radius 1 is 1.20 bits per heavy atom. The van der Waals surface area contributed by atoms with Crippen LogP contribution in [-0.4, -0.2) is 18.1 Å². The summed E-state index contributed by atoms with van der Waals surface area (Å²) < 4.78 is 0. The van der Waals surface area contributed by atoms with Gasteiger partial charge in [-0.05, 0) is 29.3 Å². The monoisotopic (exact) mass is 270 g/mol. The summed E-state index contributed by atoms with van der Waals surface area (Å²) >= 11 is 0. The van der Waals surface area contributed by atoms with Gasteiger partial charge in [-0.1, -0.05) is 30.3 Å². The number of aromatic hydroxyl groups is 1. The van der Waals surface area contributed by atoms with E-state index < -0.39 is 0 Å². The molecule has 0 bridgehead atoms. The first kappa shape index (κ1) is 14.1. The predicted molar refractivity (Wildman–Crippen MR) is 79.6 cm³/mol. The number of nitrogens with two attached hydrogens (primary N) is 1. The van der Waals surface area contributed by atoms with Gasteiger partial charge >= 0.3 is 0 Å². The second kappa shape index (κ2) is 6.21. The summed E-state index contributed by atoms with van der Waals surface area (Å²) in [6.07, 6.45) is 0.240. The first-order valence-electron chi connectivity index (χ1n) is 6.44. The van der Waals surface area contributed by atoms with Gasteiger partial charge in [-0.25, -0.2) is 0 Å². The van der Waals surface area contributed by atoms with E-state index in [0.29, 0.717) is 6.54 Å². The Bertz CT molecular complexity index is 611. The number of phenols is 1. The summed E-state index contributed by atoms with van der Waals surface area (Å²) in [6, 6.07) is 14.3. The summed E-state index contributed by atoms with van der Waals surface area (Å²) in [4.78, 5) is 13.9. The molecule has 0 saturated heterocycles. The van der Waals surface area contributed by atoms with Crippen LogP contribution in [0.5, 0.6) is 5.75 Å². The van der Waals surface area contributed by atoms with Crippen molar-refractivity contribution in [3.63, 3.8) is 0 Å². The zero-order chi connectivity index (χ0) is 14.5. The summed E-state index contributed by atoms with van der Waals surface area (Å²) in [5, 5.41) is 9.42. The molecule has 2 aromatic carbocycles. The van der Waals surface area contributed by atoms with Crippen molar-refractivity contribution in [1.29, 1.82) is 0 Å². The minimum Gasteiger partial charge on any atom is -0.508 e. The number of benzene rings is 2. The highest BCUT2D eigenvalue weighted by molar-refractivity contribution is 5.95. The number of rotatable bonds is 4. The van der Waals surface area contributed by atoms with Crippen LogP contribution in [0.3, 0.4) is 0 Å². The molecular formula is C16H18N2O2. The molecule has 1 amide bonds. The van der Waals surface area contributed by atoms with Crippen LogP contribution in [0.2, 0.25) is 0 Å². The molecule has 104 valence electrons. The largest absolute Gasteiger partial charge is 0.508 e. The standard InChI is InChI=1S/C16H18N2O2/c1-18(15-8-3-2-6-13(15)11-17)16(20)10-12-5-4-7-14(19)9-12/h2-9,19H,10-11,17H2,1H3. The van der Waals surface area contributed by atoms with Crippen LogP contribution in [0.25, 0.3) is 0 Å². The highest BCUT2D eigenvalue weighted by atomic mass is 16.3. The molecule has 0 heterocycles. The topological polar surface area (TPSA) is 66.6 Å². The van der Waals surface area contributed by atoms with Crippen LogP contribution in [0, 0.1) is 0 Å². The number of phenolic OH excluding ortho intramolecular Hbond substituents is 1. The Labute approximate surface area is 118 Å². The van der Waals surface area contributed by atoms with Crippen LogP contribution < -0.4 is 10.6 Å². The van der Waals surface area contributed by atoms with Gasteiger partial charge in [0.25, 0.3) is 0 Å². The fourth-order valence-electron chi connectivity index (χ4n) is 2.10. The molecule has 2 rings (SSSR count). The molecule has 0 fully saturated rings. The average molecular weight is 270 g/mol. The Morgan fingerprint density at radius 2 is 1.95 bits per heavy atom. The van der Waals surface area contributed by atoms with Gasteiger partial charge in [0.05, 0.1) is 6.42 Å². The van der Waals surface area contributed by atoms with Crippen molar-refractivity contribution < 1.29 is 9.90 Å². The number of nitrogens with zero attached hydrogens (tertiary/aromatic N) is 1. The molecule has 0 atom stereocenters. The third kappa shape index (κ3) is 3.16. The van der Waals surface area contributed by atoms with Crippen LogP contribution in [0.15, 0.2) is 48.5 Å². The number of carbonyl (C=O) groups is 1. The van der Waals surface area contributed by atoms with Crippen LogP contribution in [-0.2, 0) is 17.8 Å². The molecule has 0 aliphatic carbocycles. The number of likely N-dealkylation sites (N-methyl/N-ethyl adjacent to an activating group) is 1. The molecule has 20 heavy (non-hydrogen) atoms. The van der Waals surface area contributed by atoms with Gasteiger partial charge in [0.15, 0.2) is 0 Å². The number of hydrogen-bond acceptors (Lipinski definition) is 3. The fourth-order valence-corrected chi connectivity index (χ4v) is 2.10. The van der Waals surface area contributed by atoms with Crippen molar-refractivity contribution in [2.24, 2.45) is 5.73 Å². The first-order chi connectivity index (χ1) is 9.61. The Balaban J connectivity index is 2.16. The maximum Gasteiger partial charge on any atom is 0.231 e. The molecular weight excluding hydrogens is 252 g/mol. The summed E-state index contributed by atoms with van der Waals surface area (Å²) in [5.74, 6) is 0.122. The number of hydrogen-bond donors (Lipinski definition) is 2. The Hall–Kier alpha value is -2.33. The maximum absolute atomic E-state index is 12.3. The minimum absolute atomic E-state index is 0.0449. The molecule has 4 heteroatoms. The number of amides is 1. The summed E-state index contributed by atoms with van der Waals surface area (Å²) in [6.45, 7) is 0.389. The number of para-hydroxylation sites is 1. The lowest BCUT2D eigenvalue weighted by Gasteiger charge is -2.20. The van der Waals surface area contributed by atoms with E-state index >= 15 is 0 Å². The molecule has 0 unspecified atom stereocenters. The quantitative estimate of drug-likeness (QED) is 0.893. The molecule has 0 radical (unpaired) electrons. The summed E-state index contributed by atoms with van der Waals surface area (Å²) in [5.41, 5.74) is 8.22. The van der Waals surface area contributed by atoms with Gasteiger partial charge in [0.2, 0.25) is 5.91 Å². The van der Waals surface area contributed by atoms with E-state index in [1.165, 1.54) is 0 Å². The Kier molecular flexibility index (Phi) is 4.38. The molecule has 4 nitrogen and oxygen atoms in total. The minimum atomic E-state index is -0.0449. The van der Waals surface area contributed by atoms with Gasteiger partial charge in [0, 0.05) is 19.3 Å². The van der Waals surface area contributed by atoms with Gasteiger partial charge in [0.1, 0.15) is 5.75 Å². The maximum atomic E-state index is 12.3. The predicted octanol–water partition coefficient (Wildman–Crippen LogP) is 2.06. The zero-order valence-electron chi connectivity index (χ0n) is 11.4. The van der Waals surface area contributed by atoms with E-state index in [9.17, 15) is 9.90 Å². The lowest BCUT2D eigenvalue weighted by molar-refractivity contribution is -0.117.